The van der Waals surface area contributed by atoms with E-state index in [2.05, 4.69) is 82.8 Å². The van der Waals surface area contributed by atoms with E-state index in [1.54, 1.807) is 0 Å². The Balaban J connectivity index is 1.04. The summed E-state index contributed by atoms with van der Waals surface area (Å²) >= 11 is 0. The minimum absolute atomic E-state index is 0.0500. The van der Waals surface area contributed by atoms with Crippen molar-refractivity contribution < 1.29 is 5.48 Å². The van der Waals surface area contributed by atoms with Gasteiger partial charge in [0, 0.05) is 23.5 Å². The van der Waals surface area contributed by atoms with Crippen LogP contribution in [0.25, 0.3) is 109 Å². The van der Waals surface area contributed by atoms with Gasteiger partial charge in [-0.05, 0) is 160 Å². The Kier molecular flexibility index (Phi) is 4.93. The summed E-state index contributed by atoms with van der Waals surface area (Å²) in [5.74, 6) is 0. The molecular weight excluding hydrogens is 605 g/mol. The average molecular weight is 637 g/mol. The number of hydrogen-bond acceptors (Lipinski definition) is 2. The Morgan fingerprint density at radius 1 is 0.300 bits per heavy atom. The summed E-state index contributed by atoms with van der Waals surface area (Å²) in [5, 5.41) is 13.0. The van der Waals surface area contributed by atoms with Crippen LogP contribution in [-0.2, 0) is 0 Å². The summed E-state index contributed by atoms with van der Waals surface area (Å²) in [5.41, 5.74) is 5.91. The highest BCUT2D eigenvalue weighted by Crippen LogP contribution is 2.41. The van der Waals surface area contributed by atoms with E-state index in [-0.39, 0.29) is 24.2 Å². The smallest absolute Gasteiger partial charge is 0.0702 e. The normalized spacial score (nSPS) is 13.1. The Bertz CT molecular complexity index is 2920. The maximum atomic E-state index is 9.28. The van der Waals surface area contributed by atoms with Crippen LogP contribution in [0, 0.1) is 0 Å². The zero-order chi connectivity index (χ0) is 36.2. The Hall–Kier alpha value is -6.64. The fourth-order valence-corrected chi connectivity index (χ4v) is 7.93. The molecule has 0 atom stereocenters. The van der Waals surface area contributed by atoms with E-state index in [0.717, 1.165) is 87.1 Å². The molecule has 2 nitrogen and oxygen atoms in total. The summed E-state index contributed by atoms with van der Waals surface area (Å²) in [6.45, 7) is 0. The van der Waals surface area contributed by atoms with Gasteiger partial charge in [0.2, 0.25) is 0 Å². The molecule has 2 heterocycles. The van der Waals surface area contributed by atoms with Crippen molar-refractivity contribution in [3.05, 3.63) is 170 Å². The maximum Gasteiger partial charge on any atom is 0.0702 e. The van der Waals surface area contributed by atoms with Gasteiger partial charge in [0.1, 0.15) is 0 Å². The van der Waals surface area contributed by atoms with Gasteiger partial charge in [0.15, 0.2) is 0 Å². The Morgan fingerprint density at radius 2 is 0.580 bits per heavy atom. The lowest BCUT2D eigenvalue weighted by molar-refractivity contribution is 1.33. The van der Waals surface area contributed by atoms with Gasteiger partial charge in [-0.1, -0.05) is 84.8 Å². The third kappa shape index (κ3) is 4.15. The molecule has 11 rings (SSSR count). The van der Waals surface area contributed by atoms with Gasteiger partial charge in [0.25, 0.3) is 0 Å². The summed E-state index contributed by atoms with van der Waals surface area (Å²) in [6.07, 6.45) is 3.62. The van der Waals surface area contributed by atoms with Crippen LogP contribution >= 0.6 is 0 Å². The maximum absolute atomic E-state index is 9.28. The molecule has 0 unspecified atom stereocenters. The second kappa shape index (κ2) is 10.4. The second-order valence-corrected chi connectivity index (χ2v) is 13.1. The first kappa shape index (κ1) is 23.6. The lowest BCUT2D eigenvalue weighted by Gasteiger charge is -2.15. The number of benzene rings is 9. The number of pyridine rings is 2. The van der Waals surface area contributed by atoms with Gasteiger partial charge in [0.05, 0.1) is 16.9 Å². The van der Waals surface area contributed by atoms with E-state index in [0.29, 0.717) is 22.3 Å². The molecular formula is C48H28N2. The molecule has 2 heteroatoms. The molecule has 0 aliphatic heterocycles. The van der Waals surface area contributed by atoms with Crippen molar-refractivity contribution in [3.63, 3.8) is 0 Å². The fourth-order valence-electron chi connectivity index (χ4n) is 7.93. The zero-order valence-corrected chi connectivity index (χ0v) is 26.8. The minimum atomic E-state index is -0.0500. The molecule has 0 bridgehead atoms. The van der Waals surface area contributed by atoms with Crippen LogP contribution in [0.15, 0.2) is 170 Å². The average Bonchev–Trinajstić information content (AvgIpc) is 3.21. The molecule has 11 aromatic rings. The lowest BCUT2D eigenvalue weighted by atomic mass is 9.89. The second-order valence-electron chi connectivity index (χ2n) is 13.1. The Morgan fingerprint density at radius 3 is 0.840 bits per heavy atom. The third-order valence-electron chi connectivity index (χ3n) is 10.2. The topological polar surface area (TPSA) is 25.8 Å². The largest absolute Gasteiger partial charge is 0.256 e. The first-order valence-corrected chi connectivity index (χ1v) is 16.8. The van der Waals surface area contributed by atoms with Crippen LogP contribution < -0.4 is 0 Å². The summed E-state index contributed by atoms with van der Waals surface area (Å²) in [4.78, 5) is 9.12. The summed E-state index contributed by atoms with van der Waals surface area (Å²) in [6, 6.07) is 45.2. The van der Waals surface area contributed by atoms with E-state index in [4.69, 9.17) is 0 Å². The Labute approximate surface area is 294 Å². The number of nitrogens with zero attached hydrogens (tertiary/aromatic N) is 2. The van der Waals surface area contributed by atoms with Gasteiger partial charge >= 0.3 is 0 Å². The van der Waals surface area contributed by atoms with Crippen molar-refractivity contribution in [2.24, 2.45) is 0 Å². The SMILES string of the molecule is [2H]c1c([2H])c(-c2cc3ccc4cc(-c5ccccn5)cc5ccc(c2)c3c45)c([2H])c([2H])c1-c1cc2ccc3cc(-c4ccccn4)cc4ccc(c1)c2c34. The van der Waals surface area contributed by atoms with Crippen molar-refractivity contribution in [1.29, 1.82) is 0 Å². The number of hydrogen-bond donors (Lipinski definition) is 0. The quantitative estimate of drug-likeness (QED) is 0.180. The standard InChI is InChI=1S/C48H28N2/c1-3-19-49-43(5-1)41-25-35-15-11-31-21-39(22-32-12-16-36(26-41)47(35)45(31)32)29-7-9-30(10-8-29)40-23-33-13-17-37-27-42(44-6-2-4-20-50-44)28-38-18-14-34(24-40)46(33)48(37)38/h1-28H/i7D,8D,9D,10D. The van der Waals surface area contributed by atoms with Crippen molar-refractivity contribution >= 4 is 64.6 Å². The molecule has 0 amide bonds. The molecule has 2 aromatic heterocycles. The summed E-state index contributed by atoms with van der Waals surface area (Å²) in [7, 11) is 0. The molecule has 0 saturated carbocycles. The zero-order valence-electron chi connectivity index (χ0n) is 30.8. The van der Waals surface area contributed by atoms with Gasteiger partial charge < -0.3 is 0 Å². The van der Waals surface area contributed by atoms with Crippen LogP contribution in [-0.4, -0.2) is 9.97 Å². The molecule has 0 N–H and O–H groups in total. The first-order chi connectivity index (χ1) is 26.4. The van der Waals surface area contributed by atoms with Crippen LogP contribution in [0.3, 0.4) is 0 Å². The van der Waals surface area contributed by atoms with E-state index in [9.17, 15) is 5.48 Å². The predicted molar refractivity (Wildman–Crippen MR) is 211 cm³/mol. The van der Waals surface area contributed by atoms with Gasteiger partial charge in [-0.15, -0.1) is 0 Å². The summed E-state index contributed by atoms with van der Waals surface area (Å²) < 4.78 is 37.1. The third-order valence-corrected chi connectivity index (χ3v) is 10.2. The van der Waals surface area contributed by atoms with Gasteiger partial charge in [-0.25, -0.2) is 0 Å². The van der Waals surface area contributed by atoms with Crippen molar-refractivity contribution in [1.82, 2.24) is 9.97 Å². The first-order valence-electron chi connectivity index (χ1n) is 18.8. The molecule has 0 aliphatic rings. The van der Waals surface area contributed by atoms with Gasteiger partial charge in [-0.2, -0.15) is 0 Å². The molecule has 230 valence electrons. The van der Waals surface area contributed by atoms with Crippen LogP contribution in [0.2, 0.25) is 0 Å². The molecule has 0 saturated heterocycles. The monoisotopic (exact) mass is 636 g/mol. The van der Waals surface area contributed by atoms with Crippen molar-refractivity contribution in [3.8, 4) is 44.8 Å². The highest BCUT2D eigenvalue weighted by molar-refractivity contribution is 6.25. The van der Waals surface area contributed by atoms with Crippen molar-refractivity contribution in [2.45, 2.75) is 0 Å². The van der Waals surface area contributed by atoms with Crippen LogP contribution in [0.1, 0.15) is 5.48 Å². The molecule has 9 aromatic carbocycles. The lowest BCUT2D eigenvalue weighted by Crippen LogP contribution is -1.89. The number of rotatable bonds is 4. The number of aromatic nitrogens is 2. The van der Waals surface area contributed by atoms with E-state index >= 15 is 0 Å². The molecule has 0 fully saturated rings. The predicted octanol–water partition coefficient (Wildman–Crippen LogP) is 12.9. The highest BCUT2D eigenvalue weighted by atomic mass is 14.7. The molecule has 0 aliphatic carbocycles. The van der Waals surface area contributed by atoms with E-state index < -0.39 is 0 Å². The fraction of sp³-hybridized carbons (Fsp3) is 0. The van der Waals surface area contributed by atoms with Gasteiger partial charge in [-0.3, -0.25) is 9.97 Å². The van der Waals surface area contributed by atoms with Crippen LogP contribution in [0.5, 0.6) is 0 Å². The molecule has 0 radical (unpaired) electrons. The molecule has 50 heavy (non-hydrogen) atoms. The van der Waals surface area contributed by atoms with E-state index in [1.165, 1.54) is 0 Å². The van der Waals surface area contributed by atoms with E-state index in [1.807, 2.05) is 73.1 Å². The minimum Gasteiger partial charge on any atom is -0.256 e. The van der Waals surface area contributed by atoms with Crippen molar-refractivity contribution in [2.75, 3.05) is 0 Å². The molecule has 0 spiro atoms. The highest BCUT2D eigenvalue weighted by Gasteiger charge is 2.15. The van der Waals surface area contributed by atoms with Crippen LogP contribution in [0.4, 0.5) is 0 Å².